The first-order chi connectivity index (χ1) is 14.7. The molecular weight excluding hydrogens is 378 g/mol. The van der Waals surface area contributed by atoms with E-state index < -0.39 is 0 Å². The molecule has 4 aromatic heterocycles. The molecule has 2 aromatic carbocycles. The van der Waals surface area contributed by atoms with Crippen LogP contribution in [0, 0.1) is 10.1 Å². The standard InChI is InChI=1S/C23H13N5O2/c29-28(30)19-8-2-1-5-15(19)14-9-10-20-18(13-14)26-23-17-7-3-11-24-21(17)16-6-4-12-25-22(16)27(20)23/h1-13H. The van der Waals surface area contributed by atoms with E-state index in [1.165, 1.54) is 6.07 Å². The zero-order chi connectivity index (χ0) is 20.2. The molecule has 0 amide bonds. The average molecular weight is 391 g/mol. The summed E-state index contributed by atoms with van der Waals surface area (Å²) in [5, 5.41) is 13.3. The van der Waals surface area contributed by atoms with E-state index in [2.05, 4.69) is 9.97 Å². The minimum absolute atomic E-state index is 0.0716. The third-order valence-electron chi connectivity index (χ3n) is 5.37. The zero-order valence-electron chi connectivity index (χ0n) is 15.6. The highest BCUT2D eigenvalue weighted by Gasteiger charge is 2.18. The van der Waals surface area contributed by atoms with Crippen LogP contribution in [0.1, 0.15) is 0 Å². The van der Waals surface area contributed by atoms with Gasteiger partial charge in [0.05, 0.1) is 27.0 Å². The van der Waals surface area contributed by atoms with Crippen molar-refractivity contribution in [3.05, 3.63) is 89.2 Å². The lowest BCUT2D eigenvalue weighted by atomic mass is 10.0. The smallest absolute Gasteiger partial charge is 0.276 e. The molecule has 0 radical (unpaired) electrons. The van der Waals surface area contributed by atoms with Crippen molar-refractivity contribution in [2.45, 2.75) is 0 Å². The molecule has 4 heterocycles. The number of hydrogen-bond acceptors (Lipinski definition) is 5. The van der Waals surface area contributed by atoms with Gasteiger partial charge in [-0.25, -0.2) is 9.97 Å². The number of pyridine rings is 3. The van der Waals surface area contributed by atoms with E-state index in [4.69, 9.17) is 4.98 Å². The van der Waals surface area contributed by atoms with Crippen LogP contribution in [0.3, 0.4) is 0 Å². The Morgan fingerprint density at radius 2 is 1.60 bits per heavy atom. The first-order valence-corrected chi connectivity index (χ1v) is 9.40. The normalized spacial score (nSPS) is 11.6. The van der Waals surface area contributed by atoms with Crippen molar-refractivity contribution >= 4 is 44.3 Å². The molecular formula is C23H13N5O2. The predicted octanol–water partition coefficient (Wildman–Crippen LogP) is 5.16. The van der Waals surface area contributed by atoms with Gasteiger partial charge in [-0.3, -0.25) is 19.5 Å². The highest BCUT2D eigenvalue weighted by atomic mass is 16.6. The first kappa shape index (κ1) is 16.6. The van der Waals surface area contributed by atoms with Gasteiger partial charge in [0.15, 0.2) is 0 Å². The Kier molecular flexibility index (Phi) is 3.34. The van der Waals surface area contributed by atoms with Crippen molar-refractivity contribution in [3.8, 4) is 11.1 Å². The van der Waals surface area contributed by atoms with Crippen LogP contribution in [0.4, 0.5) is 5.69 Å². The third-order valence-corrected chi connectivity index (χ3v) is 5.37. The van der Waals surface area contributed by atoms with Crippen molar-refractivity contribution in [2.24, 2.45) is 0 Å². The number of hydrogen-bond donors (Lipinski definition) is 0. The second-order valence-corrected chi connectivity index (χ2v) is 7.02. The minimum Gasteiger partial charge on any atom is -0.276 e. The Labute approximate surface area is 169 Å². The topological polar surface area (TPSA) is 86.2 Å². The summed E-state index contributed by atoms with van der Waals surface area (Å²) in [6.45, 7) is 0. The Morgan fingerprint density at radius 3 is 2.43 bits per heavy atom. The van der Waals surface area contributed by atoms with E-state index in [0.29, 0.717) is 5.56 Å². The van der Waals surface area contributed by atoms with Crippen LogP contribution in [0.2, 0.25) is 0 Å². The second-order valence-electron chi connectivity index (χ2n) is 7.02. The Hall–Kier alpha value is -4.39. The lowest BCUT2D eigenvalue weighted by molar-refractivity contribution is -0.384. The van der Waals surface area contributed by atoms with Crippen molar-refractivity contribution in [3.63, 3.8) is 0 Å². The number of rotatable bonds is 2. The number of nitrogens with zero attached hydrogens (tertiary/aromatic N) is 5. The molecule has 142 valence electrons. The van der Waals surface area contributed by atoms with Gasteiger partial charge in [-0.2, -0.15) is 0 Å². The lowest BCUT2D eigenvalue weighted by Gasteiger charge is -2.07. The SMILES string of the molecule is O=[N+]([O-])c1ccccc1-c1ccc2c(c1)nc1c3cccnc3c3cccnc3n21. The molecule has 6 rings (SSSR count). The molecule has 0 aliphatic rings. The lowest BCUT2D eigenvalue weighted by Crippen LogP contribution is -1.94. The fraction of sp³-hybridized carbons (Fsp3) is 0. The molecule has 0 atom stereocenters. The Balaban J connectivity index is 1.74. The summed E-state index contributed by atoms with van der Waals surface area (Å²) in [4.78, 5) is 25.1. The van der Waals surface area contributed by atoms with Gasteiger partial charge in [0, 0.05) is 29.2 Å². The minimum atomic E-state index is -0.361. The predicted molar refractivity (Wildman–Crippen MR) is 115 cm³/mol. The highest BCUT2D eigenvalue weighted by molar-refractivity contribution is 6.11. The second kappa shape index (κ2) is 6.05. The maximum absolute atomic E-state index is 11.5. The van der Waals surface area contributed by atoms with Crippen LogP contribution < -0.4 is 0 Å². The molecule has 0 aliphatic carbocycles. The van der Waals surface area contributed by atoms with Crippen molar-refractivity contribution in [1.29, 1.82) is 0 Å². The van der Waals surface area contributed by atoms with E-state index in [1.807, 2.05) is 46.9 Å². The van der Waals surface area contributed by atoms with Crippen LogP contribution in [0.25, 0.3) is 49.7 Å². The van der Waals surface area contributed by atoms with Gasteiger partial charge in [-0.1, -0.05) is 18.2 Å². The van der Waals surface area contributed by atoms with E-state index in [9.17, 15) is 10.1 Å². The number of nitro groups is 1. The fourth-order valence-corrected chi connectivity index (χ4v) is 4.08. The molecule has 0 bridgehead atoms. The monoisotopic (exact) mass is 391 g/mol. The summed E-state index contributed by atoms with van der Waals surface area (Å²) in [6.07, 6.45) is 3.52. The van der Waals surface area contributed by atoms with Gasteiger partial charge >= 0.3 is 0 Å². The molecule has 7 nitrogen and oxygen atoms in total. The molecule has 30 heavy (non-hydrogen) atoms. The molecule has 0 saturated carbocycles. The summed E-state index contributed by atoms with van der Waals surface area (Å²) in [7, 11) is 0. The van der Waals surface area contributed by atoms with Crippen molar-refractivity contribution in [2.75, 3.05) is 0 Å². The van der Waals surface area contributed by atoms with E-state index >= 15 is 0 Å². The van der Waals surface area contributed by atoms with E-state index in [1.54, 1.807) is 30.6 Å². The zero-order valence-corrected chi connectivity index (χ0v) is 15.6. The van der Waals surface area contributed by atoms with Gasteiger partial charge in [0.1, 0.15) is 11.3 Å². The largest absolute Gasteiger partial charge is 0.277 e. The quantitative estimate of drug-likeness (QED) is 0.231. The number of aromatic nitrogens is 4. The first-order valence-electron chi connectivity index (χ1n) is 9.40. The van der Waals surface area contributed by atoms with Gasteiger partial charge in [0.25, 0.3) is 5.69 Å². The van der Waals surface area contributed by atoms with Gasteiger partial charge in [-0.15, -0.1) is 0 Å². The number of fused-ring (bicyclic) bond motifs is 8. The number of para-hydroxylation sites is 1. The molecule has 0 saturated heterocycles. The summed E-state index contributed by atoms with van der Waals surface area (Å²) in [5.74, 6) is 0. The van der Waals surface area contributed by atoms with Crippen LogP contribution in [-0.4, -0.2) is 24.3 Å². The van der Waals surface area contributed by atoms with Gasteiger partial charge in [-0.05, 0) is 48.0 Å². The summed E-state index contributed by atoms with van der Waals surface area (Å²) >= 11 is 0. The van der Waals surface area contributed by atoms with Crippen molar-refractivity contribution < 1.29 is 4.92 Å². The highest BCUT2D eigenvalue weighted by Crippen LogP contribution is 2.34. The molecule has 0 spiro atoms. The average Bonchev–Trinajstić information content (AvgIpc) is 3.18. The maximum atomic E-state index is 11.5. The maximum Gasteiger partial charge on any atom is 0.277 e. The summed E-state index contributed by atoms with van der Waals surface area (Å²) < 4.78 is 2.03. The Morgan fingerprint density at radius 1 is 0.833 bits per heavy atom. The molecule has 0 unspecified atom stereocenters. The number of imidazole rings is 1. The van der Waals surface area contributed by atoms with E-state index in [0.717, 1.165) is 44.2 Å². The number of nitro benzene ring substituents is 1. The third kappa shape index (κ3) is 2.23. The van der Waals surface area contributed by atoms with Crippen molar-refractivity contribution in [1.82, 2.24) is 19.4 Å². The molecule has 7 heteroatoms. The molecule has 0 aliphatic heterocycles. The van der Waals surface area contributed by atoms with Crippen LogP contribution in [0.5, 0.6) is 0 Å². The van der Waals surface area contributed by atoms with Gasteiger partial charge < -0.3 is 0 Å². The van der Waals surface area contributed by atoms with Crippen LogP contribution in [-0.2, 0) is 0 Å². The summed E-state index contributed by atoms with van der Waals surface area (Å²) in [6, 6.07) is 20.3. The van der Waals surface area contributed by atoms with Crippen LogP contribution >= 0.6 is 0 Å². The molecule has 0 N–H and O–H groups in total. The molecule has 6 aromatic rings. The Bertz CT molecular complexity index is 1640. The van der Waals surface area contributed by atoms with E-state index in [-0.39, 0.29) is 10.6 Å². The molecule has 0 fully saturated rings. The van der Waals surface area contributed by atoms with Gasteiger partial charge in [0.2, 0.25) is 0 Å². The van der Waals surface area contributed by atoms with Crippen LogP contribution in [0.15, 0.2) is 79.1 Å². The summed E-state index contributed by atoms with van der Waals surface area (Å²) in [5.41, 5.74) is 5.41. The number of benzene rings is 2. The fourth-order valence-electron chi connectivity index (χ4n) is 4.08.